The molecule has 0 saturated heterocycles. The van der Waals surface area contributed by atoms with Gasteiger partial charge < -0.3 is 30.6 Å². The van der Waals surface area contributed by atoms with E-state index in [1.165, 1.54) is 12.2 Å². The van der Waals surface area contributed by atoms with Crippen molar-refractivity contribution in [1.29, 1.82) is 0 Å². The van der Waals surface area contributed by atoms with Gasteiger partial charge in [-0.05, 0) is 29.2 Å². The van der Waals surface area contributed by atoms with Gasteiger partial charge in [-0.15, -0.1) is 0 Å². The molecule has 29 heavy (non-hydrogen) atoms. The third-order valence-corrected chi connectivity index (χ3v) is 4.91. The minimum atomic E-state index is -2.26. The van der Waals surface area contributed by atoms with Crippen molar-refractivity contribution in [2.45, 2.75) is 37.8 Å². The van der Waals surface area contributed by atoms with E-state index >= 15 is 0 Å². The number of benzene rings is 2. The van der Waals surface area contributed by atoms with Gasteiger partial charge in [-0.25, -0.2) is 0 Å². The Bertz CT molecular complexity index is 831. The van der Waals surface area contributed by atoms with Crippen molar-refractivity contribution in [1.82, 2.24) is 0 Å². The Morgan fingerprint density at radius 2 is 1.24 bits per heavy atom. The number of hydrogen-bond donors (Lipinski definition) is 6. The molecule has 2 rings (SSSR count). The van der Waals surface area contributed by atoms with Crippen molar-refractivity contribution in [3.8, 4) is 0 Å². The highest BCUT2D eigenvalue weighted by molar-refractivity contribution is 5.54. The molecule has 0 aliphatic carbocycles. The van der Waals surface area contributed by atoms with Crippen LogP contribution in [0.5, 0.6) is 0 Å². The van der Waals surface area contributed by atoms with E-state index in [4.69, 9.17) is 0 Å². The lowest BCUT2D eigenvalue weighted by molar-refractivity contribution is -0.163. The molecule has 0 unspecified atom stereocenters. The van der Waals surface area contributed by atoms with E-state index < -0.39 is 41.3 Å². The molecule has 6 nitrogen and oxygen atoms in total. The van der Waals surface area contributed by atoms with Crippen LogP contribution in [0.4, 0.5) is 0 Å². The molecular weight excluding hydrogens is 372 g/mol. The summed E-state index contributed by atoms with van der Waals surface area (Å²) in [6.45, 7) is 3.11. The van der Waals surface area contributed by atoms with Crippen LogP contribution in [-0.4, -0.2) is 54.6 Å². The normalized spacial score (nSPS) is 18.2. The maximum Gasteiger partial charge on any atom is 0.152 e. The number of hydrogen-bond acceptors (Lipinski definition) is 6. The lowest BCUT2D eigenvalue weighted by Gasteiger charge is -2.39. The van der Waals surface area contributed by atoms with Crippen LogP contribution < -0.4 is 0 Å². The highest BCUT2D eigenvalue weighted by Crippen LogP contribution is 2.32. The molecule has 0 aliphatic rings. The average molecular weight is 400 g/mol. The van der Waals surface area contributed by atoms with Gasteiger partial charge in [0.05, 0.1) is 0 Å². The van der Waals surface area contributed by atoms with Crippen LogP contribution in [0.3, 0.4) is 0 Å². The molecule has 0 aliphatic heterocycles. The smallest absolute Gasteiger partial charge is 0.152 e. The molecule has 6 heteroatoms. The van der Waals surface area contributed by atoms with E-state index in [-0.39, 0.29) is 0 Å². The summed E-state index contributed by atoms with van der Waals surface area (Å²) in [4.78, 5) is 0. The summed E-state index contributed by atoms with van der Waals surface area (Å²) in [5.41, 5.74) is -1.10. The molecule has 0 heterocycles. The second-order valence-electron chi connectivity index (χ2n) is 7.28. The molecule has 2 aromatic carbocycles. The summed E-state index contributed by atoms with van der Waals surface area (Å²) < 4.78 is 0. The van der Waals surface area contributed by atoms with Gasteiger partial charge in [0.1, 0.15) is 29.8 Å². The average Bonchev–Trinajstić information content (AvgIpc) is 2.72. The summed E-state index contributed by atoms with van der Waals surface area (Å²) in [7, 11) is 0. The number of aliphatic hydroxyl groups excluding tert-OH is 5. The fraction of sp³-hybridized carbons (Fsp3) is 0.304. The molecular formula is C23H28O6. The third-order valence-electron chi connectivity index (χ3n) is 4.91. The van der Waals surface area contributed by atoms with E-state index in [0.29, 0.717) is 11.1 Å². The van der Waals surface area contributed by atoms with E-state index in [0.717, 1.165) is 0 Å². The monoisotopic (exact) mass is 400 g/mol. The van der Waals surface area contributed by atoms with Gasteiger partial charge in [-0.1, -0.05) is 74.5 Å². The van der Waals surface area contributed by atoms with Crippen LogP contribution in [0.2, 0.25) is 0 Å². The zero-order valence-corrected chi connectivity index (χ0v) is 16.4. The quantitative estimate of drug-likeness (QED) is 0.379. The van der Waals surface area contributed by atoms with Crippen molar-refractivity contribution in [2.24, 2.45) is 5.92 Å². The van der Waals surface area contributed by atoms with Gasteiger partial charge >= 0.3 is 0 Å². The minimum Gasteiger partial charge on any atom is -0.509 e. The van der Waals surface area contributed by atoms with Crippen molar-refractivity contribution in [3.05, 3.63) is 83.3 Å². The summed E-state index contributed by atoms with van der Waals surface area (Å²) >= 11 is 0. The SMILES string of the molecule is CC(C)[C@](O)(C(O)=Cc1ccccc1)[C@@H](O)[C@H](O)[C@H](O)C(O)=Cc1ccccc1. The maximum absolute atomic E-state index is 11.0. The zero-order chi connectivity index (χ0) is 21.6. The Kier molecular flexibility index (Phi) is 7.59. The van der Waals surface area contributed by atoms with Crippen molar-refractivity contribution in [3.63, 3.8) is 0 Å². The number of aliphatic hydroxyl groups is 6. The lowest BCUT2D eigenvalue weighted by atomic mass is 9.79. The van der Waals surface area contributed by atoms with E-state index in [2.05, 4.69) is 0 Å². The lowest BCUT2D eigenvalue weighted by Crippen LogP contribution is -2.57. The van der Waals surface area contributed by atoms with Gasteiger partial charge in [-0.3, -0.25) is 0 Å². The highest BCUT2D eigenvalue weighted by Gasteiger charge is 2.48. The van der Waals surface area contributed by atoms with E-state index in [1.54, 1.807) is 74.5 Å². The Morgan fingerprint density at radius 3 is 1.69 bits per heavy atom. The first-order valence-corrected chi connectivity index (χ1v) is 9.36. The summed E-state index contributed by atoms with van der Waals surface area (Å²) in [5.74, 6) is -1.87. The van der Waals surface area contributed by atoms with Crippen LogP contribution in [0.1, 0.15) is 25.0 Å². The van der Waals surface area contributed by atoms with Gasteiger partial charge in [0.15, 0.2) is 5.60 Å². The molecule has 0 amide bonds. The standard InChI is InChI=1S/C23H28O6/c1-15(2)23(29,19(25)14-17-11-7-4-8-12-17)22(28)21(27)20(26)18(24)13-16-9-5-3-6-10-16/h3-15,20-22,24-29H,1-2H3/t20-,21-,22+,23+/m1/s1. The predicted molar refractivity (Wildman–Crippen MR) is 112 cm³/mol. The van der Waals surface area contributed by atoms with E-state index in [1.807, 2.05) is 0 Å². The Hall–Kier alpha value is -2.64. The van der Waals surface area contributed by atoms with E-state index in [9.17, 15) is 30.6 Å². The molecule has 0 bridgehead atoms. The summed E-state index contributed by atoms with van der Waals surface area (Å²) in [5, 5.41) is 63.1. The second kappa shape index (κ2) is 9.71. The largest absolute Gasteiger partial charge is 0.509 e. The third kappa shape index (κ3) is 5.25. The molecule has 0 radical (unpaired) electrons. The van der Waals surface area contributed by atoms with Crippen molar-refractivity contribution in [2.75, 3.05) is 0 Å². The fourth-order valence-electron chi connectivity index (χ4n) is 3.02. The molecule has 0 saturated carbocycles. The van der Waals surface area contributed by atoms with Crippen LogP contribution in [0.15, 0.2) is 72.2 Å². The predicted octanol–water partition coefficient (Wildman–Crippen LogP) is 2.65. The Morgan fingerprint density at radius 1 is 0.793 bits per heavy atom. The van der Waals surface area contributed by atoms with Crippen LogP contribution in [-0.2, 0) is 0 Å². The van der Waals surface area contributed by atoms with Crippen LogP contribution in [0.25, 0.3) is 12.2 Å². The molecule has 0 spiro atoms. The first-order valence-electron chi connectivity index (χ1n) is 9.36. The van der Waals surface area contributed by atoms with Gasteiger partial charge in [0, 0.05) is 0 Å². The topological polar surface area (TPSA) is 121 Å². The fourth-order valence-corrected chi connectivity index (χ4v) is 3.02. The van der Waals surface area contributed by atoms with Gasteiger partial charge in [-0.2, -0.15) is 0 Å². The van der Waals surface area contributed by atoms with Gasteiger partial charge in [0.2, 0.25) is 0 Å². The minimum absolute atomic E-state index is 0.566. The first kappa shape index (κ1) is 22.6. The molecule has 0 fully saturated rings. The zero-order valence-electron chi connectivity index (χ0n) is 16.4. The Labute approximate surface area is 170 Å². The maximum atomic E-state index is 11.0. The molecule has 6 N–H and O–H groups in total. The molecule has 0 aromatic heterocycles. The first-order chi connectivity index (χ1) is 13.7. The molecule has 2 aromatic rings. The van der Waals surface area contributed by atoms with Crippen molar-refractivity contribution >= 4 is 12.2 Å². The van der Waals surface area contributed by atoms with Crippen LogP contribution >= 0.6 is 0 Å². The summed E-state index contributed by atoms with van der Waals surface area (Å²) in [6, 6.07) is 17.3. The highest BCUT2D eigenvalue weighted by atomic mass is 16.4. The van der Waals surface area contributed by atoms with Crippen LogP contribution in [0, 0.1) is 5.92 Å². The van der Waals surface area contributed by atoms with Gasteiger partial charge in [0.25, 0.3) is 0 Å². The summed E-state index contributed by atoms with van der Waals surface area (Å²) in [6.07, 6.45) is -3.30. The Balaban J connectivity index is 2.30. The number of rotatable bonds is 8. The molecule has 156 valence electrons. The molecule has 4 atom stereocenters. The van der Waals surface area contributed by atoms with Crippen molar-refractivity contribution < 1.29 is 30.6 Å². The second-order valence-corrected chi connectivity index (χ2v) is 7.28.